The molecule has 0 saturated heterocycles. The van der Waals surface area contributed by atoms with Crippen molar-refractivity contribution in [3.05, 3.63) is 69.3 Å². The van der Waals surface area contributed by atoms with Crippen molar-refractivity contribution < 1.29 is 13.9 Å². The average molecular weight is 410 g/mol. The van der Waals surface area contributed by atoms with Gasteiger partial charge < -0.3 is 14.5 Å². The van der Waals surface area contributed by atoms with Gasteiger partial charge in [-0.05, 0) is 42.5 Å². The third kappa shape index (κ3) is 4.85. The summed E-state index contributed by atoms with van der Waals surface area (Å²) in [4.78, 5) is 12.3. The number of anilines is 1. The standard InChI is InChI=1S/C17H13Cl2N3O3S/c18-11-6-7-14(13(19)8-11)20-15(23)9-22-17(26)25-16(21-22)10-24-12-4-2-1-3-5-12/h1-8H,9-10H2,(H,20,23). The maximum atomic E-state index is 12.2. The van der Waals surface area contributed by atoms with Gasteiger partial charge in [-0.15, -0.1) is 5.10 Å². The molecule has 0 atom stereocenters. The van der Waals surface area contributed by atoms with Crippen LogP contribution in [0.15, 0.2) is 52.9 Å². The number of aromatic nitrogens is 2. The minimum absolute atomic E-state index is 0.0778. The van der Waals surface area contributed by atoms with Gasteiger partial charge in [0.1, 0.15) is 12.3 Å². The van der Waals surface area contributed by atoms with Gasteiger partial charge in [0.2, 0.25) is 5.91 Å². The van der Waals surface area contributed by atoms with Crippen molar-refractivity contribution in [2.75, 3.05) is 5.32 Å². The number of halogens is 2. The van der Waals surface area contributed by atoms with E-state index in [4.69, 9.17) is 44.6 Å². The second kappa shape index (κ2) is 8.35. The van der Waals surface area contributed by atoms with Crippen LogP contribution in [-0.4, -0.2) is 15.7 Å². The summed E-state index contributed by atoms with van der Waals surface area (Å²) >= 11 is 17.0. The highest BCUT2D eigenvalue weighted by molar-refractivity contribution is 7.71. The summed E-state index contributed by atoms with van der Waals surface area (Å²) in [7, 11) is 0. The van der Waals surface area contributed by atoms with Gasteiger partial charge in [-0.1, -0.05) is 41.4 Å². The lowest BCUT2D eigenvalue weighted by Gasteiger charge is -2.07. The van der Waals surface area contributed by atoms with Crippen molar-refractivity contribution in [1.82, 2.24) is 9.78 Å². The molecule has 0 aliphatic carbocycles. The van der Waals surface area contributed by atoms with Crippen LogP contribution in [0.1, 0.15) is 5.89 Å². The first-order valence-electron chi connectivity index (χ1n) is 7.51. The fraction of sp³-hybridized carbons (Fsp3) is 0.118. The van der Waals surface area contributed by atoms with Gasteiger partial charge in [-0.2, -0.15) is 0 Å². The summed E-state index contributed by atoms with van der Waals surface area (Å²) < 4.78 is 12.2. The molecule has 0 aliphatic rings. The fourth-order valence-corrected chi connectivity index (χ4v) is 2.74. The van der Waals surface area contributed by atoms with E-state index in [1.54, 1.807) is 18.2 Å². The van der Waals surface area contributed by atoms with Crippen LogP contribution in [0, 0.1) is 4.84 Å². The summed E-state index contributed by atoms with van der Waals surface area (Å²) in [6.45, 7) is -0.0160. The molecule has 0 bridgehead atoms. The zero-order chi connectivity index (χ0) is 18.5. The molecule has 3 rings (SSSR count). The smallest absolute Gasteiger partial charge is 0.287 e. The van der Waals surface area contributed by atoms with Crippen LogP contribution in [0.25, 0.3) is 0 Å². The Hall–Kier alpha value is -2.35. The highest BCUT2D eigenvalue weighted by Gasteiger charge is 2.12. The van der Waals surface area contributed by atoms with Crippen LogP contribution in [0.5, 0.6) is 5.75 Å². The van der Waals surface area contributed by atoms with Crippen molar-refractivity contribution in [2.45, 2.75) is 13.2 Å². The summed E-state index contributed by atoms with van der Waals surface area (Å²) in [5.74, 6) is 0.601. The SMILES string of the molecule is O=C(Cn1nc(COc2ccccc2)oc1=S)Nc1ccc(Cl)cc1Cl. The van der Waals surface area contributed by atoms with E-state index in [1.165, 1.54) is 4.68 Å². The first-order valence-corrected chi connectivity index (χ1v) is 8.67. The number of benzene rings is 2. The molecule has 26 heavy (non-hydrogen) atoms. The van der Waals surface area contributed by atoms with E-state index in [1.807, 2.05) is 30.3 Å². The largest absolute Gasteiger partial charge is 0.484 e. The zero-order valence-electron chi connectivity index (χ0n) is 13.3. The molecule has 2 aromatic carbocycles. The van der Waals surface area contributed by atoms with Crippen molar-refractivity contribution in [2.24, 2.45) is 0 Å². The van der Waals surface area contributed by atoms with Crippen LogP contribution in [0.2, 0.25) is 10.0 Å². The third-order valence-electron chi connectivity index (χ3n) is 3.25. The lowest BCUT2D eigenvalue weighted by Crippen LogP contribution is -2.20. The predicted octanol–water partition coefficient (Wildman–Crippen LogP) is 4.73. The topological polar surface area (TPSA) is 69.3 Å². The Bertz CT molecular complexity index is 973. The van der Waals surface area contributed by atoms with E-state index in [-0.39, 0.29) is 29.8 Å². The van der Waals surface area contributed by atoms with Gasteiger partial charge in [0.15, 0.2) is 6.61 Å². The summed E-state index contributed by atoms with van der Waals surface area (Å²) in [6, 6.07) is 14.0. The monoisotopic (exact) mass is 409 g/mol. The summed E-state index contributed by atoms with van der Waals surface area (Å²) in [6.07, 6.45) is 0. The second-order valence-corrected chi connectivity index (χ2v) is 6.39. The zero-order valence-corrected chi connectivity index (χ0v) is 15.6. The van der Waals surface area contributed by atoms with Crippen LogP contribution < -0.4 is 10.1 Å². The van der Waals surface area contributed by atoms with Gasteiger partial charge in [0.25, 0.3) is 10.7 Å². The highest BCUT2D eigenvalue weighted by atomic mass is 35.5. The molecule has 1 heterocycles. The van der Waals surface area contributed by atoms with E-state index in [0.717, 1.165) is 0 Å². The van der Waals surface area contributed by atoms with E-state index < -0.39 is 0 Å². The molecule has 6 nitrogen and oxygen atoms in total. The minimum Gasteiger partial charge on any atom is -0.484 e. The lowest BCUT2D eigenvalue weighted by atomic mass is 10.3. The third-order valence-corrected chi connectivity index (χ3v) is 4.09. The normalized spacial score (nSPS) is 10.5. The first-order chi connectivity index (χ1) is 12.5. The average Bonchev–Trinajstić information content (AvgIpc) is 2.96. The number of amides is 1. The minimum atomic E-state index is -0.353. The Morgan fingerprint density at radius 2 is 2.00 bits per heavy atom. The maximum absolute atomic E-state index is 12.2. The molecule has 134 valence electrons. The molecule has 0 radical (unpaired) electrons. The number of para-hydroxylation sites is 1. The van der Waals surface area contributed by atoms with Gasteiger partial charge in [0, 0.05) is 5.02 Å². The molecule has 1 N–H and O–H groups in total. The van der Waals surface area contributed by atoms with Gasteiger partial charge in [-0.3, -0.25) is 4.79 Å². The molecule has 0 fully saturated rings. The van der Waals surface area contributed by atoms with Crippen molar-refractivity contribution in [3.63, 3.8) is 0 Å². The molecule has 0 spiro atoms. The van der Waals surface area contributed by atoms with Crippen LogP contribution in [0.4, 0.5) is 5.69 Å². The summed E-state index contributed by atoms with van der Waals surface area (Å²) in [5, 5.41) is 7.64. The number of ether oxygens (including phenoxy) is 1. The maximum Gasteiger partial charge on any atom is 0.287 e. The Morgan fingerprint density at radius 1 is 1.23 bits per heavy atom. The number of hydrogen-bond acceptors (Lipinski definition) is 5. The Labute approximate surface area is 164 Å². The first kappa shape index (κ1) is 18.4. The molecule has 0 unspecified atom stereocenters. The van der Waals surface area contributed by atoms with Gasteiger partial charge in [0.05, 0.1) is 10.7 Å². The highest BCUT2D eigenvalue weighted by Crippen LogP contribution is 2.25. The number of nitrogens with one attached hydrogen (secondary N) is 1. The van der Waals surface area contributed by atoms with Crippen molar-refractivity contribution in [3.8, 4) is 5.75 Å². The fourth-order valence-electron chi connectivity index (χ4n) is 2.09. The molecular formula is C17H13Cl2N3O3S. The quantitative estimate of drug-likeness (QED) is 0.595. The Balaban J connectivity index is 1.62. The Morgan fingerprint density at radius 3 is 2.73 bits per heavy atom. The van der Waals surface area contributed by atoms with E-state index in [9.17, 15) is 4.79 Å². The van der Waals surface area contributed by atoms with Gasteiger partial charge >= 0.3 is 0 Å². The molecular weight excluding hydrogens is 397 g/mol. The molecule has 3 aromatic rings. The van der Waals surface area contributed by atoms with E-state index >= 15 is 0 Å². The lowest BCUT2D eigenvalue weighted by molar-refractivity contribution is -0.117. The molecule has 0 aliphatic heterocycles. The van der Waals surface area contributed by atoms with Crippen LogP contribution in [0.3, 0.4) is 0 Å². The number of carbonyl (C=O) groups is 1. The number of nitrogens with zero attached hydrogens (tertiary/aromatic N) is 2. The number of carbonyl (C=O) groups excluding carboxylic acids is 1. The predicted molar refractivity (Wildman–Crippen MR) is 101 cm³/mol. The van der Waals surface area contributed by atoms with Crippen molar-refractivity contribution in [1.29, 1.82) is 0 Å². The van der Waals surface area contributed by atoms with Crippen molar-refractivity contribution >= 4 is 47.0 Å². The second-order valence-electron chi connectivity index (χ2n) is 5.19. The van der Waals surface area contributed by atoms with Crippen LogP contribution in [-0.2, 0) is 17.9 Å². The van der Waals surface area contributed by atoms with E-state index in [0.29, 0.717) is 21.5 Å². The van der Waals surface area contributed by atoms with E-state index in [2.05, 4.69) is 10.4 Å². The number of hydrogen-bond donors (Lipinski definition) is 1. The van der Waals surface area contributed by atoms with Gasteiger partial charge in [-0.25, -0.2) is 4.68 Å². The summed E-state index contributed by atoms with van der Waals surface area (Å²) in [5.41, 5.74) is 0.448. The molecule has 1 aromatic heterocycles. The molecule has 0 saturated carbocycles. The van der Waals surface area contributed by atoms with Crippen LogP contribution >= 0.6 is 35.4 Å². The molecule has 1 amide bonds. The molecule has 9 heteroatoms. The Kier molecular flexibility index (Phi) is 5.92. The number of rotatable bonds is 6.